The Morgan fingerprint density at radius 2 is 2.00 bits per heavy atom. The normalized spacial score (nSPS) is 9.90. The first-order chi connectivity index (χ1) is 9.65. The molecule has 0 atom stereocenters. The van der Waals surface area contributed by atoms with Crippen LogP contribution in [0.3, 0.4) is 0 Å². The number of hydrogen-bond donors (Lipinski definition) is 0. The monoisotopic (exact) mass is 270 g/mol. The summed E-state index contributed by atoms with van der Waals surface area (Å²) in [5.41, 5.74) is 1.91. The predicted molar refractivity (Wildman–Crippen MR) is 76.2 cm³/mol. The second-order valence-electron chi connectivity index (χ2n) is 4.45. The van der Waals surface area contributed by atoms with Crippen molar-refractivity contribution in [2.45, 2.75) is 6.54 Å². The zero-order valence-corrected chi connectivity index (χ0v) is 11.4. The number of methoxy groups -OCH3 is 1. The van der Waals surface area contributed by atoms with Gasteiger partial charge in [-0.15, -0.1) is 0 Å². The Bertz CT molecular complexity index is 649. The third-order valence-corrected chi connectivity index (χ3v) is 3.08. The SMILES string of the molecule is COc1ccc(C#N)cc1CN(C)c1ccccc1F. The fourth-order valence-corrected chi connectivity index (χ4v) is 2.07. The van der Waals surface area contributed by atoms with Crippen molar-refractivity contribution in [3.05, 3.63) is 59.4 Å². The van der Waals surface area contributed by atoms with E-state index in [0.717, 1.165) is 5.56 Å². The molecule has 0 saturated carbocycles. The number of nitrogens with zero attached hydrogens (tertiary/aromatic N) is 2. The molecule has 2 rings (SSSR count). The van der Waals surface area contributed by atoms with Crippen LogP contribution in [-0.4, -0.2) is 14.2 Å². The van der Waals surface area contributed by atoms with Crippen LogP contribution in [0.15, 0.2) is 42.5 Å². The number of hydrogen-bond acceptors (Lipinski definition) is 3. The fourth-order valence-electron chi connectivity index (χ4n) is 2.07. The molecule has 0 fully saturated rings. The van der Waals surface area contributed by atoms with Crippen LogP contribution in [0, 0.1) is 17.1 Å². The van der Waals surface area contributed by atoms with Crippen molar-refractivity contribution in [2.75, 3.05) is 19.1 Å². The first-order valence-electron chi connectivity index (χ1n) is 6.18. The zero-order valence-electron chi connectivity index (χ0n) is 11.4. The van der Waals surface area contributed by atoms with Gasteiger partial charge in [-0.05, 0) is 30.3 Å². The molecule has 0 saturated heterocycles. The first kappa shape index (κ1) is 13.9. The molecule has 2 aromatic rings. The van der Waals surface area contributed by atoms with Gasteiger partial charge in [0.05, 0.1) is 24.4 Å². The molecule has 0 heterocycles. The lowest BCUT2D eigenvalue weighted by Gasteiger charge is -2.21. The minimum atomic E-state index is -0.273. The minimum Gasteiger partial charge on any atom is -0.496 e. The molecule has 0 amide bonds. The molecule has 4 heteroatoms. The molecular formula is C16H15FN2O. The molecule has 0 aliphatic heterocycles. The van der Waals surface area contributed by atoms with Gasteiger partial charge in [-0.2, -0.15) is 5.26 Å². The summed E-state index contributed by atoms with van der Waals surface area (Å²) < 4.78 is 19.0. The molecule has 0 aliphatic rings. The summed E-state index contributed by atoms with van der Waals surface area (Å²) in [5, 5.41) is 8.96. The van der Waals surface area contributed by atoms with Crippen molar-refractivity contribution in [3.63, 3.8) is 0 Å². The van der Waals surface area contributed by atoms with Crippen LogP contribution in [0.2, 0.25) is 0 Å². The van der Waals surface area contributed by atoms with Crippen LogP contribution in [-0.2, 0) is 6.54 Å². The quantitative estimate of drug-likeness (QED) is 0.855. The van der Waals surface area contributed by atoms with E-state index in [9.17, 15) is 4.39 Å². The van der Waals surface area contributed by atoms with Crippen LogP contribution < -0.4 is 9.64 Å². The third kappa shape index (κ3) is 2.89. The van der Waals surface area contributed by atoms with E-state index in [-0.39, 0.29) is 5.82 Å². The summed E-state index contributed by atoms with van der Waals surface area (Å²) in [5.74, 6) is 0.414. The molecule has 3 nitrogen and oxygen atoms in total. The second kappa shape index (κ2) is 6.07. The summed E-state index contributed by atoms with van der Waals surface area (Å²) in [6, 6.07) is 13.9. The lowest BCUT2D eigenvalue weighted by Crippen LogP contribution is -2.18. The maximum atomic E-state index is 13.7. The van der Waals surface area contributed by atoms with Crippen molar-refractivity contribution >= 4 is 5.69 Å². The molecule has 0 aromatic heterocycles. The maximum absolute atomic E-state index is 13.7. The van der Waals surface area contributed by atoms with Crippen LogP contribution in [0.25, 0.3) is 0 Å². The largest absolute Gasteiger partial charge is 0.496 e. The summed E-state index contributed by atoms with van der Waals surface area (Å²) in [6.45, 7) is 0.458. The number of ether oxygens (including phenoxy) is 1. The van der Waals surface area contributed by atoms with Gasteiger partial charge in [0, 0.05) is 19.2 Å². The number of benzene rings is 2. The lowest BCUT2D eigenvalue weighted by molar-refractivity contribution is 0.409. The fraction of sp³-hybridized carbons (Fsp3) is 0.188. The van der Waals surface area contributed by atoms with Gasteiger partial charge in [0.2, 0.25) is 0 Å². The van der Waals surface area contributed by atoms with Gasteiger partial charge in [-0.1, -0.05) is 12.1 Å². The van der Waals surface area contributed by atoms with Crippen molar-refractivity contribution in [1.29, 1.82) is 5.26 Å². The van der Waals surface area contributed by atoms with E-state index in [1.807, 2.05) is 0 Å². The van der Waals surface area contributed by atoms with Crippen molar-refractivity contribution in [2.24, 2.45) is 0 Å². The summed E-state index contributed by atoms with van der Waals surface area (Å²) in [7, 11) is 3.38. The highest BCUT2D eigenvalue weighted by Gasteiger charge is 2.11. The molecule has 0 radical (unpaired) electrons. The van der Waals surface area contributed by atoms with Crippen LogP contribution >= 0.6 is 0 Å². The number of halogens is 1. The smallest absolute Gasteiger partial charge is 0.146 e. The van der Waals surface area contributed by atoms with Crippen molar-refractivity contribution < 1.29 is 9.13 Å². The molecule has 0 spiro atoms. The molecule has 102 valence electrons. The Hall–Kier alpha value is -2.54. The van der Waals surface area contributed by atoms with E-state index in [0.29, 0.717) is 23.5 Å². The molecule has 0 N–H and O–H groups in total. The standard InChI is InChI=1S/C16H15FN2O/c1-19(15-6-4-3-5-14(15)17)11-13-9-12(10-18)7-8-16(13)20-2/h3-9H,11H2,1-2H3. The van der Waals surface area contributed by atoms with Crippen LogP contribution in [0.4, 0.5) is 10.1 Å². The Morgan fingerprint density at radius 1 is 1.25 bits per heavy atom. The maximum Gasteiger partial charge on any atom is 0.146 e. The lowest BCUT2D eigenvalue weighted by atomic mass is 10.1. The van der Waals surface area contributed by atoms with Gasteiger partial charge in [0.25, 0.3) is 0 Å². The van der Waals surface area contributed by atoms with E-state index >= 15 is 0 Å². The van der Waals surface area contributed by atoms with E-state index < -0.39 is 0 Å². The summed E-state index contributed by atoms with van der Waals surface area (Å²) >= 11 is 0. The Labute approximate surface area is 117 Å². The highest BCUT2D eigenvalue weighted by molar-refractivity contribution is 5.50. The number of anilines is 1. The van der Waals surface area contributed by atoms with Gasteiger partial charge >= 0.3 is 0 Å². The Morgan fingerprint density at radius 3 is 2.65 bits per heavy atom. The average molecular weight is 270 g/mol. The molecular weight excluding hydrogens is 255 g/mol. The predicted octanol–water partition coefficient (Wildman–Crippen LogP) is 3.34. The third-order valence-electron chi connectivity index (χ3n) is 3.08. The first-order valence-corrected chi connectivity index (χ1v) is 6.18. The topological polar surface area (TPSA) is 36.3 Å². The molecule has 2 aromatic carbocycles. The van der Waals surface area contributed by atoms with Gasteiger partial charge in [-0.3, -0.25) is 0 Å². The molecule has 0 aliphatic carbocycles. The Balaban J connectivity index is 2.30. The van der Waals surface area contributed by atoms with Crippen molar-refractivity contribution in [1.82, 2.24) is 0 Å². The van der Waals surface area contributed by atoms with Gasteiger partial charge < -0.3 is 9.64 Å². The van der Waals surface area contributed by atoms with E-state index in [2.05, 4.69) is 6.07 Å². The van der Waals surface area contributed by atoms with E-state index in [1.54, 1.807) is 55.5 Å². The minimum absolute atomic E-state index is 0.273. The summed E-state index contributed by atoms with van der Waals surface area (Å²) in [4.78, 5) is 1.79. The zero-order chi connectivity index (χ0) is 14.5. The average Bonchev–Trinajstić information content (AvgIpc) is 2.47. The van der Waals surface area contributed by atoms with Gasteiger partial charge in [-0.25, -0.2) is 4.39 Å². The molecule has 0 bridgehead atoms. The number of para-hydroxylation sites is 1. The van der Waals surface area contributed by atoms with E-state index in [4.69, 9.17) is 10.00 Å². The van der Waals surface area contributed by atoms with Crippen molar-refractivity contribution in [3.8, 4) is 11.8 Å². The van der Waals surface area contributed by atoms with Gasteiger partial charge in [0.15, 0.2) is 0 Å². The van der Waals surface area contributed by atoms with Crippen LogP contribution in [0.1, 0.15) is 11.1 Å². The molecule has 20 heavy (non-hydrogen) atoms. The van der Waals surface area contributed by atoms with E-state index in [1.165, 1.54) is 6.07 Å². The van der Waals surface area contributed by atoms with Gasteiger partial charge in [0.1, 0.15) is 11.6 Å². The molecule has 0 unspecified atom stereocenters. The Kier molecular flexibility index (Phi) is 4.21. The highest BCUT2D eigenvalue weighted by Crippen LogP contribution is 2.24. The number of nitriles is 1. The second-order valence-corrected chi connectivity index (χ2v) is 4.45. The van der Waals surface area contributed by atoms with Crippen LogP contribution in [0.5, 0.6) is 5.75 Å². The highest BCUT2D eigenvalue weighted by atomic mass is 19.1. The number of rotatable bonds is 4. The summed E-state index contributed by atoms with van der Waals surface area (Å²) in [6.07, 6.45) is 0.